The topological polar surface area (TPSA) is 23.6 Å². The minimum absolute atomic E-state index is 0.282. The highest BCUT2D eigenvalue weighted by Crippen LogP contribution is 2.30. The molecule has 1 saturated carbocycles. The molecule has 1 amide bonds. The fourth-order valence-corrected chi connectivity index (χ4v) is 5.03. The summed E-state index contributed by atoms with van der Waals surface area (Å²) >= 11 is 0. The maximum atomic E-state index is 13.1. The predicted octanol–water partition coefficient (Wildman–Crippen LogP) is 3.66. The van der Waals surface area contributed by atoms with Gasteiger partial charge >= 0.3 is 0 Å². The number of benzene rings is 1. The summed E-state index contributed by atoms with van der Waals surface area (Å²) in [6.45, 7) is 2.44. The van der Waals surface area contributed by atoms with Crippen molar-refractivity contribution in [2.75, 3.05) is 20.1 Å². The molecule has 3 aliphatic rings. The number of nitrogens with zero attached hydrogens (tertiary/aromatic N) is 2. The van der Waals surface area contributed by atoms with Crippen molar-refractivity contribution in [1.82, 2.24) is 9.80 Å². The Kier molecular flexibility index (Phi) is 4.93. The van der Waals surface area contributed by atoms with E-state index in [0.717, 1.165) is 12.8 Å². The van der Waals surface area contributed by atoms with Crippen molar-refractivity contribution in [3.8, 4) is 0 Å². The zero-order valence-electron chi connectivity index (χ0n) is 15.4. The first-order valence-electron chi connectivity index (χ1n) is 10.0. The summed E-state index contributed by atoms with van der Waals surface area (Å²) in [4.78, 5) is 17.8. The summed E-state index contributed by atoms with van der Waals surface area (Å²) in [6, 6.07) is 7.37. The maximum absolute atomic E-state index is 13.1. The van der Waals surface area contributed by atoms with E-state index < -0.39 is 0 Å². The largest absolute Gasteiger partial charge is 0.341 e. The third-order valence-corrected chi connectivity index (χ3v) is 6.45. The number of hydrogen-bond acceptors (Lipinski definition) is 2. The van der Waals surface area contributed by atoms with E-state index in [2.05, 4.69) is 40.2 Å². The Morgan fingerprint density at radius 3 is 2.80 bits per heavy atom. The van der Waals surface area contributed by atoms with Crippen LogP contribution >= 0.6 is 0 Å². The smallest absolute Gasteiger partial charge is 0.227 e. The average Bonchev–Trinajstić information content (AvgIpc) is 3.33. The van der Waals surface area contributed by atoms with E-state index in [1.165, 1.54) is 61.9 Å². The van der Waals surface area contributed by atoms with Crippen molar-refractivity contribution in [1.29, 1.82) is 0 Å². The number of fused-ring (bicyclic) bond motifs is 1. The number of amides is 1. The van der Waals surface area contributed by atoms with E-state index in [-0.39, 0.29) is 5.91 Å². The van der Waals surface area contributed by atoms with Crippen LogP contribution in [0.1, 0.15) is 55.2 Å². The van der Waals surface area contributed by atoms with Crippen LogP contribution in [-0.2, 0) is 17.6 Å². The summed E-state index contributed by atoms with van der Waals surface area (Å²) in [6.07, 6.45) is 13.6. The summed E-state index contributed by atoms with van der Waals surface area (Å²) in [5, 5.41) is 0. The van der Waals surface area contributed by atoms with Crippen LogP contribution in [0.5, 0.6) is 0 Å². The van der Waals surface area contributed by atoms with E-state index in [1.54, 1.807) is 0 Å². The number of carbonyl (C=O) groups is 1. The second-order valence-electron chi connectivity index (χ2n) is 7.94. The minimum Gasteiger partial charge on any atom is -0.341 e. The molecule has 0 spiro atoms. The van der Waals surface area contributed by atoms with Crippen molar-refractivity contribution in [2.45, 2.75) is 63.5 Å². The van der Waals surface area contributed by atoms with Gasteiger partial charge in [0.15, 0.2) is 0 Å². The molecule has 1 saturated heterocycles. The number of hydrogen-bond donors (Lipinski definition) is 0. The quantitative estimate of drug-likeness (QED) is 0.836. The molecule has 1 aromatic carbocycles. The van der Waals surface area contributed by atoms with Gasteiger partial charge < -0.3 is 4.90 Å². The number of likely N-dealkylation sites (tertiary alicyclic amines) is 1. The van der Waals surface area contributed by atoms with Crippen LogP contribution in [0.2, 0.25) is 0 Å². The first-order valence-corrected chi connectivity index (χ1v) is 10.0. The SMILES string of the molecule is CN(C(=O)Cc1cccc2c1C=CC2)C1CCCCC1N1CCCC1. The van der Waals surface area contributed by atoms with Crippen LogP contribution in [0.4, 0.5) is 0 Å². The summed E-state index contributed by atoms with van der Waals surface area (Å²) in [7, 11) is 2.04. The molecule has 0 bridgehead atoms. The first kappa shape index (κ1) is 16.8. The van der Waals surface area contributed by atoms with Crippen LogP contribution < -0.4 is 0 Å². The molecular weight excluding hydrogens is 308 g/mol. The molecule has 0 radical (unpaired) electrons. The molecule has 2 atom stereocenters. The Morgan fingerprint density at radius 2 is 1.96 bits per heavy atom. The fourth-order valence-electron chi connectivity index (χ4n) is 5.03. The Labute approximate surface area is 151 Å². The second-order valence-corrected chi connectivity index (χ2v) is 7.94. The molecular formula is C22H30N2O. The lowest BCUT2D eigenvalue weighted by Crippen LogP contribution is -2.53. The van der Waals surface area contributed by atoms with Crippen LogP contribution in [0, 0.1) is 0 Å². The van der Waals surface area contributed by atoms with E-state index in [9.17, 15) is 4.79 Å². The van der Waals surface area contributed by atoms with Gasteiger partial charge in [-0.05, 0) is 61.9 Å². The monoisotopic (exact) mass is 338 g/mol. The predicted molar refractivity (Wildman–Crippen MR) is 103 cm³/mol. The van der Waals surface area contributed by atoms with Gasteiger partial charge in [-0.2, -0.15) is 0 Å². The molecule has 2 unspecified atom stereocenters. The third kappa shape index (κ3) is 3.39. The number of allylic oxidation sites excluding steroid dienone is 1. The standard InChI is InChI=1S/C22H30N2O/c1-23(20-12-2-3-13-21(20)24-14-4-5-15-24)22(25)16-18-10-6-8-17-9-7-11-19(17)18/h6-8,10-11,20-21H,2-5,9,12-16H2,1H3. The van der Waals surface area contributed by atoms with E-state index in [1.807, 2.05) is 7.05 Å². The molecule has 3 nitrogen and oxygen atoms in total. The highest BCUT2D eigenvalue weighted by Gasteiger charge is 2.35. The second kappa shape index (κ2) is 7.33. The van der Waals surface area contributed by atoms with E-state index in [0.29, 0.717) is 18.5 Å². The van der Waals surface area contributed by atoms with Gasteiger partial charge in [-0.15, -0.1) is 0 Å². The van der Waals surface area contributed by atoms with Crippen molar-refractivity contribution < 1.29 is 4.79 Å². The molecule has 3 heteroatoms. The number of rotatable bonds is 4. The molecule has 4 rings (SSSR count). The van der Waals surface area contributed by atoms with Gasteiger partial charge in [0.1, 0.15) is 0 Å². The number of carbonyl (C=O) groups excluding carboxylic acids is 1. The van der Waals surface area contributed by atoms with Gasteiger partial charge in [0, 0.05) is 19.1 Å². The Balaban J connectivity index is 1.47. The molecule has 1 heterocycles. The van der Waals surface area contributed by atoms with Crippen molar-refractivity contribution in [3.05, 3.63) is 41.0 Å². The zero-order valence-corrected chi connectivity index (χ0v) is 15.4. The summed E-state index contributed by atoms with van der Waals surface area (Å²) in [5.41, 5.74) is 3.83. The highest BCUT2D eigenvalue weighted by molar-refractivity contribution is 5.81. The lowest BCUT2D eigenvalue weighted by molar-refractivity contribution is -0.133. The van der Waals surface area contributed by atoms with Gasteiger partial charge in [0.05, 0.1) is 6.42 Å². The van der Waals surface area contributed by atoms with Crippen molar-refractivity contribution in [3.63, 3.8) is 0 Å². The molecule has 1 aromatic rings. The van der Waals surface area contributed by atoms with Crippen LogP contribution in [0.15, 0.2) is 24.3 Å². The lowest BCUT2D eigenvalue weighted by atomic mass is 9.88. The third-order valence-electron chi connectivity index (χ3n) is 6.45. The Morgan fingerprint density at radius 1 is 1.16 bits per heavy atom. The van der Waals surface area contributed by atoms with Crippen LogP contribution in [0.3, 0.4) is 0 Å². The molecule has 2 aliphatic carbocycles. The first-order chi connectivity index (χ1) is 12.2. The van der Waals surface area contributed by atoms with Gasteiger partial charge in [-0.25, -0.2) is 0 Å². The van der Waals surface area contributed by atoms with Gasteiger partial charge in [-0.1, -0.05) is 43.2 Å². The highest BCUT2D eigenvalue weighted by atomic mass is 16.2. The minimum atomic E-state index is 0.282. The summed E-state index contributed by atoms with van der Waals surface area (Å²) < 4.78 is 0. The van der Waals surface area contributed by atoms with Crippen LogP contribution in [0.25, 0.3) is 6.08 Å². The van der Waals surface area contributed by atoms with Crippen molar-refractivity contribution in [2.24, 2.45) is 0 Å². The summed E-state index contributed by atoms with van der Waals surface area (Å²) in [5.74, 6) is 0.282. The van der Waals surface area contributed by atoms with E-state index >= 15 is 0 Å². The molecule has 134 valence electrons. The zero-order chi connectivity index (χ0) is 17.2. The maximum Gasteiger partial charge on any atom is 0.227 e. The number of likely N-dealkylation sites (N-methyl/N-ethyl adjacent to an activating group) is 1. The average molecular weight is 338 g/mol. The van der Waals surface area contributed by atoms with Crippen LogP contribution in [-0.4, -0.2) is 47.9 Å². The van der Waals surface area contributed by atoms with Crippen molar-refractivity contribution >= 4 is 12.0 Å². The van der Waals surface area contributed by atoms with Gasteiger partial charge in [-0.3, -0.25) is 9.69 Å². The van der Waals surface area contributed by atoms with Gasteiger partial charge in [0.25, 0.3) is 0 Å². The molecule has 1 aliphatic heterocycles. The Hall–Kier alpha value is -1.61. The molecule has 2 fully saturated rings. The fraction of sp³-hybridized carbons (Fsp3) is 0.591. The normalized spacial score (nSPS) is 26.0. The van der Waals surface area contributed by atoms with E-state index in [4.69, 9.17) is 0 Å². The molecule has 0 aromatic heterocycles. The Bertz CT molecular complexity index is 660. The molecule has 25 heavy (non-hydrogen) atoms. The molecule has 0 N–H and O–H groups in total. The van der Waals surface area contributed by atoms with Gasteiger partial charge in [0.2, 0.25) is 5.91 Å². The lowest BCUT2D eigenvalue weighted by Gasteiger charge is -2.42.